The molecule has 0 bridgehead atoms. The smallest absolute Gasteiger partial charge is 0.306 e. The van der Waals surface area contributed by atoms with E-state index >= 15 is 0 Å². The lowest BCUT2D eigenvalue weighted by atomic mass is 10.1. The van der Waals surface area contributed by atoms with Crippen molar-refractivity contribution in [3.63, 3.8) is 0 Å². The predicted molar refractivity (Wildman–Crippen MR) is 96.4 cm³/mol. The maximum absolute atomic E-state index is 12.5. The summed E-state index contributed by atoms with van der Waals surface area (Å²) >= 11 is 0. The lowest BCUT2D eigenvalue weighted by Crippen LogP contribution is -2.37. The van der Waals surface area contributed by atoms with E-state index in [9.17, 15) is 13.2 Å². The van der Waals surface area contributed by atoms with Crippen LogP contribution in [0.1, 0.15) is 58.4 Å². The zero-order valence-corrected chi connectivity index (χ0v) is 15.9. The van der Waals surface area contributed by atoms with Gasteiger partial charge in [0.25, 0.3) is 0 Å². The van der Waals surface area contributed by atoms with Crippen molar-refractivity contribution in [3.8, 4) is 5.75 Å². The van der Waals surface area contributed by atoms with Crippen molar-refractivity contribution in [2.24, 2.45) is 0 Å². The van der Waals surface area contributed by atoms with Crippen molar-refractivity contribution in [1.82, 2.24) is 4.90 Å². The van der Waals surface area contributed by atoms with Gasteiger partial charge in [-0.25, -0.2) is 0 Å². The van der Waals surface area contributed by atoms with Gasteiger partial charge in [-0.05, 0) is 37.5 Å². The van der Waals surface area contributed by atoms with Crippen LogP contribution in [0.2, 0.25) is 0 Å². The molecular weight excluding hydrogens is 326 g/mol. The van der Waals surface area contributed by atoms with E-state index in [1.165, 1.54) is 0 Å². The first kappa shape index (κ1) is 20.5. The van der Waals surface area contributed by atoms with E-state index < -0.39 is 10.1 Å². The highest BCUT2D eigenvalue weighted by atomic mass is 32.2. The van der Waals surface area contributed by atoms with Crippen LogP contribution in [-0.4, -0.2) is 31.5 Å². The van der Waals surface area contributed by atoms with Crippen LogP contribution in [0.4, 0.5) is 0 Å². The largest absolute Gasteiger partial charge is 0.383 e. The molecule has 0 saturated heterocycles. The first-order valence-corrected chi connectivity index (χ1v) is 10.4. The van der Waals surface area contributed by atoms with Crippen molar-refractivity contribution < 1.29 is 17.4 Å². The van der Waals surface area contributed by atoms with Gasteiger partial charge in [0.15, 0.2) is 0 Å². The van der Waals surface area contributed by atoms with Crippen LogP contribution in [0.25, 0.3) is 0 Å². The Bertz CT molecular complexity index is 610. The third-order valence-corrected chi connectivity index (χ3v) is 4.46. The highest BCUT2D eigenvalue weighted by molar-refractivity contribution is 7.86. The summed E-state index contributed by atoms with van der Waals surface area (Å²) in [5.41, 5.74) is 0.958. The average Bonchev–Trinajstić information content (AvgIpc) is 2.52. The lowest BCUT2D eigenvalue weighted by Gasteiger charge is -2.29. The summed E-state index contributed by atoms with van der Waals surface area (Å²) < 4.78 is 27.1. The molecule has 0 aromatic heterocycles. The third kappa shape index (κ3) is 7.34. The summed E-state index contributed by atoms with van der Waals surface area (Å²) in [7, 11) is -3.52. The van der Waals surface area contributed by atoms with E-state index in [0.29, 0.717) is 13.0 Å². The molecule has 0 aliphatic heterocycles. The number of unbranched alkanes of at least 4 members (excludes halogenated alkanes) is 2. The van der Waals surface area contributed by atoms with E-state index in [-0.39, 0.29) is 17.7 Å². The highest BCUT2D eigenvalue weighted by Crippen LogP contribution is 2.18. The molecule has 1 atom stereocenters. The van der Waals surface area contributed by atoms with Crippen LogP contribution in [-0.2, 0) is 21.5 Å². The number of benzene rings is 1. The number of rotatable bonds is 10. The summed E-state index contributed by atoms with van der Waals surface area (Å²) in [6, 6.07) is 7.01. The monoisotopic (exact) mass is 355 g/mol. The second kappa shape index (κ2) is 9.67. The summed E-state index contributed by atoms with van der Waals surface area (Å²) in [4.78, 5) is 14.4. The third-order valence-electron chi connectivity index (χ3n) is 3.96. The zero-order chi connectivity index (χ0) is 18.2. The molecule has 1 aromatic carbocycles. The van der Waals surface area contributed by atoms with E-state index in [4.69, 9.17) is 4.18 Å². The number of amides is 1. The van der Waals surface area contributed by atoms with Gasteiger partial charge in [0.05, 0.1) is 6.26 Å². The van der Waals surface area contributed by atoms with Crippen LogP contribution in [0.3, 0.4) is 0 Å². The lowest BCUT2D eigenvalue weighted by molar-refractivity contribution is -0.134. The summed E-state index contributed by atoms with van der Waals surface area (Å²) in [6.45, 7) is 6.77. The van der Waals surface area contributed by atoms with Gasteiger partial charge in [-0.3, -0.25) is 4.79 Å². The molecule has 136 valence electrons. The minimum atomic E-state index is -3.52. The second-order valence-corrected chi connectivity index (χ2v) is 7.74. The minimum absolute atomic E-state index is 0.172. The number of hydrogen-bond acceptors (Lipinski definition) is 4. The Morgan fingerprint density at radius 3 is 2.29 bits per heavy atom. The molecule has 0 aliphatic carbocycles. The Hall–Kier alpha value is -1.56. The molecular formula is C18H29NO4S. The Morgan fingerprint density at radius 1 is 1.17 bits per heavy atom. The van der Waals surface area contributed by atoms with E-state index in [1.54, 1.807) is 24.3 Å². The summed E-state index contributed by atoms with van der Waals surface area (Å²) in [5.74, 6) is 0.458. The zero-order valence-electron chi connectivity index (χ0n) is 15.1. The van der Waals surface area contributed by atoms with Gasteiger partial charge >= 0.3 is 10.1 Å². The van der Waals surface area contributed by atoms with Crippen LogP contribution >= 0.6 is 0 Å². The molecule has 0 saturated carbocycles. The molecule has 6 heteroatoms. The van der Waals surface area contributed by atoms with Gasteiger partial charge in [0.1, 0.15) is 5.75 Å². The first-order valence-electron chi connectivity index (χ1n) is 8.54. The fourth-order valence-corrected chi connectivity index (χ4v) is 2.86. The van der Waals surface area contributed by atoms with Crippen molar-refractivity contribution in [1.29, 1.82) is 0 Å². The topological polar surface area (TPSA) is 63.7 Å². The first-order chi connectivity index (χ1) is 11.3. The van der Waals surface area contributed by atoms with E-state index in [1.807, 2.05) is 4.90 Å². The number of carbonyl (C=O) groups is 1. The van der Waals surface area contributed by atoms with Gasteiger partial charge in [0, 0.05) is 19.0 Å². The molecule has 1 amide bonds. The molecule has 24 heavy (non-hydrogen) atoms. The molecule has 0 unspecified atom stereocenters. The summed E-state index contributed by atoms with van der Waals surface area (Å²) in [5, 5.41) is 0. The molecule has 0 heterocycles. The SMILES string of the molecule is CCCCCC(=O)N(Cc1ccc(OS(C)(=O)=O)cc1)[C@@H](C)CC. The molecule has 1 aromatic rings. The second-order valence-electron chi connectivity index (χ2n) is 6.17. The molecule has 0 radical (unpaired) electrons. The normalized spacial score (nSPS) is 12.7. The fraction of sp³-hybridized carbons (Fsp3) is 0.611. The van der Waals surface area contributed by atoms with Gasteiger partial charge < -0.3 is 9.08 Å². The predicted octanol–water partition coefficient (Wildman–Crippen LogP) is 3.73. The molecule has 0 spiro atoms. The molecule has 0 N–H and O–H groups in total. The van der Waals surface area contributed by atoms with Gasteiger partial charge in [0.2, 0.25) is 5.91 Å². The highest BCUT2D eigenvalue weighted by Gasteiger charge is 2.18. The number of hydrogen-bond donors (Lipinski definition) is 0. The molecule has 0 fully saturated rings. The van der Waals surface area contributed by atoms with Crippen LogP contribution in [0, 0.1) is 0 Å². The quantitative estimate of drug-likeness (QED) is 0.474. The molecule has 0 aliphatic rings. The van der Waals surface area contributed by atoms with Crippen LogP contribution in [0.15, 0.2) is 24.3 Å². The van der Waals surface area contributed by atoms with E-state index in [0.717, 1.165) is 37.5 Å². The number of nitrogens with zero attached hydrogens (tertiary/aromatic N) is 1. The minimum Gasteiger partial charge on any atom is -0.383 e. The Balaban J connectivity index is 2.77. The number of carbonyl (C=O) groups excluding carboxylic acids is 1. The maximum Gasteiger partial charge on any atom is 0.306 e. The van der Waals surface area contributed by atoms with Gasteiger partial charge in [-0.2, -0.15) is 8.42 Å². The summed E-state index contributed by atoms with van der Waals surface area (Å²) in [6.07, 6.45) is 5.57. The van der Waals surface area contributed by atoms with Crippen LogP contribution in [0.5, 0.6) is 5.75 Å². The average molecular weight is 356 g/mol. The Labute approximate surface area is 146 Å². The Morgan fingerprint density at radius 2 is 1.79 bits per heavy atom. The maximum atomic E-state index is 12.5. The van der Waals surface area contributed by atoms with Crippen molar-refractivity contribution in [2.45, 2.75) is 65.5 Å². The fourth-order valence-electron chi connectivity index (χ4n) is 2.40. The standard InChI is InChI=1S/C18H29NO4S/c1-5-7-8-9-18(20)19(15(3)6-2)14-16-10-12-17(13-11-16)23-24(4,21)22/h10-13,15H,5-9,14H2,1-4H3/t15-/m0/s1. The van der Waals surface area contributed by atoms with Crippen molar-refractivity contribution >= 4 is 16.0 Å². The molecule has 5 nitrogen and oxygen atoms in total. The van der Waals surface area contributed by atoms with Gasteiger partial charge in [-0.1, -0.05) is 38.8 Å². The Kier molecular flexibility index (Phi) is 8.25. The van der Waals surface area contributed by atoms with Crippen molar-refractivity contribution in [3.05, 3.63) is 29.8 Å². The van der Waals surface area contributed by atoms with Gasteiger partial charge in [-0.15, -0.1) is 0 Å². The van der Waals surface area contributed by atoms with Crippen LogP contribution < -0.4 is 4.18 Å². The van der Waals surface area contributed by atoms with Crippen molar-refractivity contribution in [2.75, 3.05) is 6.26 Å². The van der Waals surface area contributed by atoms with E-state index in [2.05, 4.69) is 20.8 Å². The molecule has 1 rings (SSSR count).